The van der Waals surface area contributed by atoms with Gasteiger partial charge in [0.05, 0.1) is 6.10 Å². The first-order valence-electron chi connectivity index (χ1n) is 4.65. The monoisotopic (exact) mass is 155 g/mol. The van der Waals surface area contributed by atoms with Gasteiger partial charge in [0.1, 0.15) is 0 Å². The number of hydrogen-bond acceptors (Lipinski definition) is 2. The molecule has 0 spiro atoms. The third-order valence-corrected chi connectivity index (χ3v) is 3.03. The molecule has 0 bridgehead atoms. The first-order valence-corrected chi connectivity index (χ1v) is 4.65. The van der Waals surface area contributed by atoms with Crippen LogP contribution in [0.3, 0.4) is 0 Å². The molecule has 1 N–H and O–H groups in total. The summed E-state index contributed by atoms with van der Waals surface area (Å²) in [6, 6.07) is 0. The SMILES string of the molecule is CNC1(CC2CCCO2)CC1. The highest BCUT2D eigenvalue weighted by Crippen LogP contribution is 2.41. The van der Waals surface area contributed by atoms with Crippen molar-refractivity contribution in [1.29, 1.82) is 0 Å². The molecule has 11 heavy (non-hydrogen) atoms. The van der Waals surface area contributed by atoms with Crippen molar-refractivity contribution >= 4 is 0 Å². The van der Waals surface area contributed by atoms with Crippen LogP contribution in [0.5, 0.6) is 0 Å². The smallest absolute Gasteiger partial charge is 0.0593 e. The zero-order chi connectivity index (χ0) is 7.73. The van der Waals surface area contributed by atoms with E-state index in [1.165, 1.54) is 32.1 Å². The molecule has 1 saturated heterocycles. The molecule has 1 aliphatic carbocycles. The zero-order valence-electron chi connectivity index (χ0n) is 7.23. The fraction of sp³-hybridized carbons (Fsp3) is 1.00. The Labute approximate surface area is 68.3 Å². The summed E-state index contributed by atoms with van der Waals surface area (Å²) in [5.41, 5.74) is 0.481. The second kappa shape index (κ2) is 2.76. The van der Waals surface area contributed by atoms with E-state index in [-0.39, 0.29) is 0 Å². The molecule has 0 aromatic carbocycles. The van der Waals surface area contributed by atoms with Gasteiger partial charge in [-0.25, -0.2) is 0 Å². The van der Waals surface area contributed by atoms with Gasteiger partial charge in [0.25, 0.3) is 0 Å². The molecule has 2 heteroatoms. The van der Waals surface area contributed by atoms with Crippen LogP contribution in [0.1, 0.15) is 32.1 Å². The van der Waals surface area contributed by atoms with Crippen molar-refractivity contribution in [1.82, 2.24) is 5.32 Å². The van der Waals surface area contributed by atoms with Crippen molar-refractivity contribution in [2.24, 2.45) is 0 Å². The largest absolute Gasteiger partial charge is 0.378 e. The maximum Gasteiger partial charge on any atom is 0.0593 e. The summed E-state index contributed by atoms with van der Waals surface area (Å²) in [6.45, 7) is 0.991. The van der Waals surface area contributed by atoms with Crippen molar-refractivity contribution in [3.8, 4) is 0 Å². The van der Waals surface area contributed by atoms with Crippen LogP contribution in [0.2, 0.25) is 0 Å². The lowest BCUT2D eigenvalue weighted by molar-refractivity contribution is 0.0926. The molecule has 1 heterocycles. The molecule has 0 radical (unpaired) electrons. The highest BCUT2D eigenvalue weighted by Gasteiger charge is 2.43. The van der Waals surface area contributed by atoms with Gasteiger partial charge < -0.3 is 10.1 Å². The third-order valence-electron chi connectivity index (χ3n) is 3.03. The lowest BCUT2D eigenvalue weighted by Gasteiger charge is -2.18. The minimum atomic E-state index is 0.481. The van der Waals surface area contributed by atoms with E-state index < -0.39 is 0 Å². The normalized spacial score (nSPS) is 34.1. The van der Waals surface area contributed by atoms with E-state index in [0.717, 1.165) is 6.61 Å². The van der Waals surface area contributed by atoms with Crippen LogP contribution in [0.15, 0.2) is 0 Å². The van der Waals surface area contributed by atoms with Gasteiger partial charge in [0, 0.05) is 12.1 Å². The minimum absolute atomic E-state index is 0.481. The van der Waals surface area contributed by atoms with E-state index in [1.54, 1.807) is 0 Å². The zero-order valence-corrected chi connectivity index (χ0v) is 7.23. The van der Waals surface area contributed by atoms with Crippen molar-refractivity contribution in [3.63, 3.8) is 0 Å². The Morgan fingerprint density at radius 3 is 2.82 bits per heavy atom. The molecule has 1 saturated carbocycles. The van der Waals surface area contributed by atoms with Crippen LogP contribution in [-0.4, -0.2) is 25.3 Å². The predicted molar refractivity (Wildman–Crippen MR) is 44.6 cm³/mol. The summed E-state index contributed by atoms with van der Waals surface area (Å²) in [4.78, 5) is 0. The topological polar surface area (TPSA) is 21.3 Å². The first kappa shape index (κ1) is 7.56. The van der Waals surface area contributed by atoms with Gasteiger partial charge in [-0.3, -0.25) is 0 Å². The quantitative estimate of drug-likeness (QED) is 0.663. The second-order valence-corrected chi connectivity index (χ2v) is 3.87. The fourth-order valence-corrected chi connectivity index (χ4v) is 1.95. The van der Waals surface area contributed by atoms with E-state index in [4.69, 9.17) is 4.74 Å². The van der Waals surface area contributed by atoms with Crippen LogP contribution in [0.25, 0.3) is 0 Å². The lowest BCUT2D eigenvalue weighted by Crippen LogP contribution is -2.31. The van der Waals surface area contributed by atoms with E-state index in [1.807, 2.05) is 0 Å². The Morgan fingerprint density at radius 2 is 2.36 bits per heavy atom. The average molecular weight is 155 g/mol. The number of ether oxygens (including phenoxy) is 1. The Balaban J connectivity index is 1.80. The predicted octanol–water partition coefficient (Wildman–Crippen LogP) is 1.31. The molecule has 2 aliphatic rings. The molecule has 2 fully saturated rings. The molecular weight excluding hydrogens is 138 g/mol. The van der Waals surface area contributed by atoms with E-state index in [2.05, 4.69) is 12.4 Å². The first-order chi connectivity index (χ1) is 5.35. The molecule has 0 aromatic heterocycles. The fourth-order valence-electron chi connectivity index (χ4n) is 1.95. The molecule has 64 valence electrons. The van der Waals surface area contributed by atoms with Crippen LogP contribution in [-0.2, 0) is 4.74 Å². The Hall–Kier alpha value is -0.0800. The lowest BCUT2D eigenvalue weighted by atomic mass is 10.1. The van der Waals surface area contributed by atoms with Gasteiger partial charge in [0.2, 0.25) is 0 Å². The Kier molecular flexibility index (Phi) is 1.90. The number of nitrogens with one attached hydrogen (secondary N) is 1. The summed E-state index contributed by atoms with van der Waals surface area (Å²) in [6.07, 6.45) is 7.05. The number of hydrogen-bond donors (Lipinski definition) is 1. The van der Waals surface area contributed by atoms with Crippen LogP contribution >= 0.6 is 0 Å². The van der Waals surface area contributed by atoms with Gasteiger partial charge in [-0.1, -0.05) is 0 Å². The van der Waals surface area contributed by atoms with Gasteiger partial charge in [0.15, 0.2) is 0 Å². The Bertz CT molecular complexity index is 136. The summed E-state index contributed by atoms with van der Waals surface area (Å²) in [7, 11) is 2.07. The summed E-state index contributed by atoms with van der Waals surface area (Å²) in [5.74, 6) is 0. The molecular formula is C9H17NO. The van der Waals surface area contributed by atoms with Crippen molar-refractivity contribution in [2.75, 3.05) is 13.7 Å². The highest BCUT2D eigenvalue weighted by atomic mass is 16.5. The van der Waals surface area contributed by atoms with Gasteiger partial charge >= 0.3 is 0 Å². The summed E-state index contributed by atoms with van der Waals surface area (Å²) < 4.78 is 5.59. The molecule has 1 unspecified atom stereocenters. The van der Waals surface area contributed by atoms with Crippen molar-refractivity contribution in [2.45, 2.75) is 43.7 Å². The van der Waals surface area contributed by atoms with Crippen LogP contribution in [0, 0.1) is 0 Å². The maximum absolute atomic E-state index is 5.59. The molecule has 1 atom stereocenters. The summed E-state index contributed by atoms with van der Waals surface area (Å²) >= 11 is 0. The maximum atomic E-state index is 5.59. The highest BCUT2D eigenvalue weighted by molar-refractivity contribution is 5.02. The van der Waals surface area contributed by atoms with Gasteiger partial charge in [-0.15, -0.1) is 0 Å². The van der Waals surface area contributed by atoms with Crippen molar-refractivity contribution in [3.05, 3.63) is 0 Å². The van der Waals surface area contributed by atoms with E-state index in [0.29, 0.717) is 11.6 Å². The molecule has 0 aromatic rings. The molecule has 0 amide bonds. The standard InChI is InChI=1S/C9H17NO/c1-10-9(4-5-9)7-8-3-2-6-11-8/h8,10H,2-7H2,1H3. The van der Waals surface area contributed by atoms with Gasteiger partial charge in [-0.05, 0) is 39.2 Å². The van der Waals surface area contributed by atoms with Crippen molar-refractivity contribution < 1.29 is 4.74 Å². The number of rotatable bonds is 3. The molecule has 1 aliphatic heterocycles. The minimum Gasteiger partial charge on any atom is -0.378 e. The van der Waals surface area contributed by atoms with Crippen LogP contribution in [0.4, 0.5) is 0 Å². The van der Waals surface area contributed by atoms with Crippen LogP contribution < -0.4 is 5.32 Å². The summed E-state index contributed by atoms with van der Waals surface area (Å²) in [5, 5.41) is 3.40. The molecule has 2 rings (SSSR count). The third kappa shape index (κ3) is 1.57. The van der Waals surface area contributed by atoms with Gasteiger partial charge in [-0.2, -0.15) is 0 Å². The molecule has 2 nitrogen and oxygen atoms in total. The van der Waals surface area contributed by atoms with E-state index >= 15 is 0 Å². The van der Waals surface area contributed by atoms with E-state index in [9.17, 15) is 0 Å². The average Bonchev–Trinajstić information content (AvgIpc) is 2.59. The Morgan fingerprint density at radius 1 is 1.55 bits per heavy atom. The second-order valence-electron chi connectivity index (χ2n) is 3.87.